The number of nitrogens with zero attached hydrogens (tertiary/aromatic N) is 1. The lowest BCUT2D eigenvalue weighted by atomic mass is 9.95. The summed E-state index contributed by atoms with van der Waals surface area (Å²) in [7, 11) is 0. The van der Waals surface area contributed by atoms with E-state index in [1.807, 2.05) is 6.26 Å². The molecule has 1 rings (SSSR count). The van der Waals surface area contributed by atoms with E-state index in [0.717, 1.165) is 12.8 Å². The van der Waals surface area contributed by atoms with Gasteiger partial charge in [-0.3, -0.25) is 19.3 Å². The van der Waals surface area contributed by atoms with Crippen molar-refractivity contribution in [3.63, 3.8) is 0 Å². The molecule has 0 bridgehead atoms. The van der Waals surface area contributed by atoms with Crippen LogP contribution in [0.3, 0.4) is 0 Å². The molecule has 8 heteroatoms. The van der Waals surface area contributed by atoms with Crippen molar-refractivity contribution >= 4 is 29.5 Å². The molecule has 1 aliphatic rings. The van der Waals surface area contributed by atoms with Crippen molar-refractivity contribution in [3.8, 4) is 0 Å². The SMILES string of the molecule is CCCCCC(C)C(CCNC(=O)CCN1C(=O)CC(SC)C1=O)ON. The zero-order chi connectivity index (χ0) is 19.5. The summed E-state index contributed by atoms with van der Waals surface area (Å²) in [6.45, 7) is 4.89. The molecular weight excluding hydrogens is 354 g/mol. The summed E-state index contributed by atoms with van der Waals surface area (Å²) >= 11 is 1.37. The molecule has 3 atom stereocenters. The molecule has 0 aromatic heterocycles. The molecule has 3 N–H and O–H groups in total. The van der Waals surface area contributed by atoms with Gasteiger partial charge in [0.05, 0.1) is 11.4 Å². The Labute approximate surface area is 160 Å². The van der Waals surface area contributed by atoms with E-state index in [9.17, 15) is 14.4 Å². The lowest BCUT2D eigenvalue weighted by Crippen LogP contribution is -2.36. The van der Waals surface area contributed by atoms with Gasteiger partial charge in [-0.15, -0.1) is 0 Å². The monoisotopic (exact) mass is 387 g/mol. The molecule has 0 aromatic carbocycles. The number of carbonyl (C=O) groups excluding carboxylic acids is 3. The van der Waals surface area contributed by atoms with Crippen molar-refractivity contribution in [2.45, 2.75) is 70.1 Å². The Morgan fingerprint density at radius 1 is 1.38 bits per heavy atom. The first kappa shape index (κ1) is 22.9. The maximum Gasteiger partial charge on any atom is 0.242 e. The molecule has 0 aliphatic carbocycles. The number of thioether (sulfide) groups is 1. The molecule has 7 nitrogen and oxygen atoms in total. The first-order chi connectivity index (χ1) is 12.4. The Bertz CT molecular complexity index is 475. The fourth-order valence-electron chi connectivity index (χ4n) is 3.12. The normalized spacial score (nSPS) is 19.7. The van der Waals surface area contributed by atoms with Gasteiger partial charge >= 0.3 is 0 Å². The van der Waals surface area contributed by atoms with Crippen LogP contribution in [0.5, 0.6) is 0 Å². The van der Waals surface area contributed by atoms with Crippen LogP contribution in [0.15, 0.2) is 0 Å². The average Bonchev–Trinajstić information content (AvgIpc) is 2.90. The maximum absolute atomic E-state index is 12.0. The number of unbranched alkanes of at least 4 members (excludes halogenated alkanes) is 2. The molecule has 0 saturated carbocycles. The minimum atomic E-state index is -0.304. The third-order valence-corrected chi connectivity index (χ3v) is 5.81. The van der Waals surface area contributed by atoms with Gasteiger partial charge in [-0.05, 0) is 25.0 Å². The highest BCUT2D eigenvalue weighted by Crippen LogP contribution is 2.23. The molecular formula is C18H33N3O4S. The van der Waals surface area contributed by atoms with Crippen LogP contribution in [-0.4, -0.2) is 53.3 Å². The zero-order valence-electron chi connectivity index (χ0n) is 16.2. The average molecular weight is 388 g/mol. The summed E-state index contributed by atoms with van der Waals surface area (Å²) in [5.74, 6) is 5.18. The van der Waals surface area contributed by atoms with Crippen LogP contribution in [0.2, 0.25) is 0 Å². The van der Waals surface area contributed by atoms with E-state index in [-0.39, 0.29) is 48.5 Å². The van der Waals surface area contributed by atoms with Gasteiger partial charge in [-0.2, -0.15) is 11.8 Å². The van der Waals surface area contributed by atoms with Gasteiger partial charge in [0.25, 0.3) is 0 Å². The largest absolute Gasteiger partial charge is 0.356 e. The summed E-state index contributed by atoms with van der Waals surface area (Å²) < 4.78 is 0. The predicted octanol–water partition coefficient (Wildman–Crippen LogP) is 1.85. The van der Waals surface area contributed by atoms with Gasteiger partial charge in [0, 0.05) is 25.9 Å². The van der Waals surface area contributed by atoms with E-state index in [1.54, 1.807) is 0 Å². The number of rotatable bonds is 13. The van der Waals surface area contributed by atoms with E-state index in [1.165, 1.54) is 29.5 Å². The van der Waals surface area contributed by atoms with Gasteiger partial charge < -0.3 is 10.2 Å². The van der Waals surface area contributed by atoms with E-state index in [2.05, 4.69) is 19.2 Å². The van der Waals surface area contributed by atoms with E-state index >= 15 is 0 Å². The molecule has 3 amide bonds. The van der Waals surface area contributed by atoms with Crippen LogP contribution in [0, 0.1) is 5.92 Å². The summed E-state index contributed by atoms with van der Waals surface area (Å²) in [6.07, 6.45) is 7.30. The fourth-order valence-corrected chi connectivity index (χ4v) is 3.75. The van der Waals surface area contributed by atoms with Crippen LogP contribution in [-0.2, 0) is 19.2 Å². The lowest BCUT2D eigenvalue weighted by molar-refractivity contribution is -0.138. The molecule has 3 unspecified atom stereocenters. The number of hydrogen-bond acceptors (Lipinski definition) is 6. The van der Waals surface area contributed by atoms with Crippen LogP contribution in [0.4, 0.5) is 0 Å². The van der Waals surface area contributed by atoms with Crippen molar-refractivity contribution in [2.75, 3.05) is 19.3 Å². The Hall–Kier alpha value is -1.12. The molecule has 26 heavy (non-hydrogen) atoms. The Morgan fingerprint density at radius 3 is 2.69 bits per heavy atom. The third-order valence-electron chi connectivity index (χ3n) is 4.87. The van der Waals surface area contributed by atoms with Crippen LogP contribution in [0.1, 0.15) is 58.8 Å². The highest BCUT2D eigenvalue weighted by Gasteiger charge is 2.37. The Morgan fingerprint density at radius 2 is 2.12 bits per heavy atom. The second-order valence-electron chi connectivity index (χ2n) is 6.85. The van der Waals surface area contributed by atoms with Crippen LogP contribution in [0.25, 0.3) is 0 Å². The summed E-state index contributed by atoms with van der Waals surface area (Å²) in [6, 6.07) is 0. The highest BCUT2D eigenvalue weighted by atomic mass is 32.2. The predicted molar refractivity (Wildman–Crippen MR) is 103 cm³/mol. The van der Waals surface area contributed by atoms with Crippen molar-refractivity contribution in [1.82, 2.24) is 10.2 Å². The van der Waals surface area contributed by atoms with Gasteiger partial charge in [0.15, 0.2) is 0 Å². The molecule has 1 heterocycles. The van der Waals surface area contributed by atoms with Gasteiger partial charge in [-0.1, -0.05) is 33.1 Å². The van der Waals surface area contributed by atoms with Crippen molar-refractivity contribution in [2.24, 2.45) is 11.8 Å². The van der Waals surface area contributed by atoms with Gasteiger partial charge in [-0.25, -0.2) is 5.90 Å². The first-order valence-corrected chi connectivity index (χ1v) is 10.7. The molecule has 150 valence electrons. The van der Waals surface area contributed by atoms with Crippen LogP contribution >= 0.6 is 11.8 Å². The Kier molecular flexibility index (Phi) is 10.8. The van der Waals surface area contributed by atoms with E-state index in [0.29, 0.717) is 18.9 Å². The number of carbonyl (C=O) groups is 3. The number of likely N-dealkylation sites (tertiary alicyclic amines) is 1. The maximum atomic E-state index is 12.0. The first-order valence-electron chi connectivity index (χ1n) is 9.43. The van der Waals surface area contributed by atoms with Gasteiger partial charge in [0.2, 0.25) is 17.7 Å². The molecule has 1 aliphatic heterocycles. The zero-order valence-corrected chi connectivity index (χ0v) is 17.0. The summed E-state index contributed by atoms with van der Waals surface area (Å²) in [5.41, 5.74) is 0. The van der Waals surface area contributed by atoms with Crippen molar-refractivity contribution in [3.05, 3.63) is 0 Å². The summed E-state index contributed by atoms with van der Waals surface area (Å²) in [4.78, 5) is 42.1. The van der Waals surface area contributed by atoms with Crippen molar-refractivity contribution in [1.29, 1.82) is 0 Å². The standard InChI is InChI=1S/C18H33N3O4S/c1-4-5-6-7-13(2)14(25-19)8-10-20-16(22)9-11-21-17(23)12-15(26-3)18(21)24/h13-15H,4-12,19H2,1-3H3,(H,20,22). The molecule has 1 fully saturated rings. The number of amides is 3. The van der Waals surface area contributed by atoms with Gasteiger partial charge in [0.1, 0.15) is 0 Å². The van der Waals surface area contributed by atoms with E-state index < -0.39 is 0 Å². The quantitative estimate of drug-likeness (QED) is 0.284. The second kappa shape index (κ2) is 12.3. The fraction of sp³-hybridized carbons (Fsp3) is 0.833. The van der Waals surface area contributed by atoms with Crippen molar-refractivity contribution < 1.29 is 19.2 Å². The number of imide groups is 1. The number of hydrogen-bond donors (Lipinski definition) is 2. The highest BCUT2D eigenvalue weighted by molar-refractivity contribution is 8.00. The molecule has 0 radical (unpaired) electrons. The van der Waals surface area contributed by atoms with E-state index in [4.69, 9.17) is 10.7 Å². The number of nitrogens with two attached hydrogens (primary N) is 1. The summed E-state index contributed by atoms with van der Waals surface area (Å²) in [5, 5.41) is 2.52. The lowest BCUT2D eigenvalue weighted by Gasteiger charge is -2.22. The Balaban J connectivity index is 2.27. The molecule has 1 saturated heterocycles. The third kappa shape index (κ3) is 7.25. The number of nitrogens with one attached hydrogen (secondary N) is 1. The minimum Gasteiger partial charge on any atom is -0.356 e. The second-order valence-corrected chi connectivity index (χ2v) is 7.89. The topological polar surface area (TPSA) is 102 Å². The minimum absolute atomic E-state index is 0.0868. The smallest absolute Gasteiger partial charge is 0.242 e. The molecule has 0 aromatic rings. The van der Waals surface area contributed by atoms with Crippen LogP contribution < -0.4 is 11.2 Å². The molecule has 0 spiro atoms.